The summed E-state index contributed by atoms with van der Waals surface area (Å²) in [5.74, 6) is -0.292. The molecule has 3 N–H and O–H groups in total. The monoisotopic (exact) mass is 469 g/mol. The van der Waals surface area contributed by atoms with Crippen LogP contribution in [0.15, 0.2) is 66.7 Å². The van der Waals surface area contributed by atoms with Gasteiger partial charge in [-0.3, -0.25) is 14.9 Å². The Labute approximate surface area is 206 Å². The quantitative estimate of drug-likeness (QED) is 0.517. The number of hydrogen-bond acceptors (Lipinski definition) is 5. The average molecular weight is 470 g/mol. The Morgan fingerprint density at radius 3 is 2.57 bits per heavy atom. The first kappa shape index (κ1) is 23.1. The van der Waals surface area contributed by atoms with E-state index in [0.29, 0.717) is 17.7 Å². The van der Waals surface area contributed by atoms with Gasteiger partial charge in [-0.25, -0.2) is 0 Å². The van der Waals surface area contributed by atoms with Crippen LogP contribution in [0.25, 0.3) is 0 Å². The molecule has 2 aliphatic rings. The van der Waals surface area contributed by atoms with Crippen molar-refractivity contribution in [2.75, 3.05) is 43.6 Å². The molecular formula is C28H31N5O2. The Morgan fingerprint density at radius 1 is 0.914 bits per heavy atom. The zero-order valence-corrected chi connectivity index (χ0v) is 20.0. The van der Waals surface area contributed by atoms with Gasteiger partial charge in [-0.2, -0.15) is 0 Å². The number of rotatable bonds is 6. The van der Waals surface area contributed by atoms with Gasteiger partial charge >= 0.3 is 0 Å². The van der Waals surface area contributed by atoms with Crippen molar-refractivity contribution in [1.29, 1.82) is 0 Å². The summed E-state index contributed by atoms with van der Waals surface area (Å²) in [7, 11) is 2.11. The van der Waals surface area contributed by atoms with E-state index in [1.807, 2.05) is 48.5 Å². The van der Waals surface area contributed by atoms with E-state index in [0.717, 1.165) is 56.2 Å². The van der Waals surface area contributed by atoms with Crippen LogP contribution in [0.5, 0.6) is 0 Å². The summed E-state index contributed by atoms with van der Waals surface area (Å²) in [6.07, 6.45) is 1.04. The zero-order chi connectivity index (χ0) is 24.2. The highest BCUT2D eigenvalue weighted by molar-refractivity contribution is 6.04. The lowest BCUT2D eigenvalue weighted by Crippen LogP contribution is -2.26. The molecule has 0 aromatic heterocycles. The third kappa shape index (κ3) is 5.53. The van der Waals surface area contributed by atoms with Crippen molar-refractivity contribution in [2.24, 2.45) is 0 Å². The molecule has 180 valence electrons. The number of carbonyl (C=O) groups is 2. The first-order valence-electron chi connectivity index (χ1n) is 12.1. The fourth-order valence-electron chi connectivity index (χ4n) is 4.64. The molecule has 0 aliphatic carbocycles. The highest BCUT2D eigenvalue weighted by atomic mass is 16.2. The van der Waals surface area contributed by atoms with Crippen LogP contribution in [0.4, 0.5) is 11.4 Å². The molecule has 0 spiro atoms. The molecule has 35 heavy (non-hydrogen) atoms. The third-order valence-corrected chi connectivity index (χ3v) is 6.67. The zero-order valence-electron chi connectivity index (χ0n) is 20.0. The van der Waals surface area contributed by atoms with Crippen molar-refractivity contribution in [3.05, 3.63) is 94.5 Å². The van der Waals surface area contributed by atoms with Crippen molar-refractivity contribution in [2.45, 2.75) is 19.5 Å². The second-order valence-corrected chi connectivity index (χ2v) is 9.28. The van der Waals surface area contributed by atoms with Crippen LogP contribution in [0.3, 0.4) is 0 Å². The van der Waals surface area contributed by atoms with Crippen LogP contribution >= 0.6 is 0 Å². The molecule has 0 saturated carbocycles. The van der Waals surface area contributed by atoms with Crippen molar-refractivity contribution >= 4 is 23.2 Å². The fourth-order valence-corrected chi connectivity index (χ4v) is 4.64. The number of nitrogens with one attached hydrogen (secondary N) is 3. The van der Waals surface area contributed by atoms with Gasteiger partial charge in [0, 0.05) is 55.2 Å². The Kier molecular flexibility index (Phi) is 6.79. The van der Waals surface area contributed by atoms with Gasteiger partial charge in [0.2, 0.25) is 0 Å². The number of anilines is 2. The Balaban J connectivity index is 1.18. The molecule has 3 aromatic carbocycles. The van der Waals surface area contributed by atoms with Gasteiger partial charge in [0.25, 0.3) is 11.8 Å². The predicted octanol–water partition coefficient (Wildman–Crippen LogP) is 3.22. The normalized spacial score (nSPS) is 15.5. The Bertz CT molecular complexity index is 1220. The highest BCUT2D eigenvalue weighted by Crippen LogP contribution is 2.22. The largest absolute Gasteiger partial charge is 0.357 e. The van der Waals surface area contributed by atoms with E-state index in [4.69, 9.17) is 0 Å². The van der Waals surface area contributed by atoms with Crippen LogP contribution in [0, 0.1) is 0 Å². The van der Waals surface area contributed by atoms with Crippen LogP contribution in [-0.4, -0.2) is 50.1 Å². The van der Waals surface area contributed by atoms with E-state index < -0.39 is 0 Å². The van der Waals surface area contributed by atoms with Gasteiger partial charge in [-0.05, 0) is 78.7 Å². The number of hydrogen-bond donors (Lipinski definition) is 3. The summed E-state index contributed by atoms with van der Waals surface area (Å²) in [5, 5.41) is 9.28. The van der Waals surface area contributed by atoms with E-state index >= 15 is 0 Å². The van der Waals surface area contributed by atoms with E-state index in [1.165, 1.54) is 11.1 Å². The summed E-state index contributed by atoms with van der Waals surface area (Å²) < 4.78 is 0. The first-order valence-corrected chi connectivity index (χ1v) is 12.1. The molecule has 0 atom stereocenters. The van der Waals surface area contributed by atoms with E-state index in [9.17, 15) is 9.59 Å². The average Bonchev–Trinajstić information content (AvgIpc) is 3.42. The molecule has 0 bridgehead atoms. The van der Waals surface area contributed by atoms with E-state index in [-0.39, 0.29) is 11.8 Å². The van der Waals surface area contributed by atoms with Gasteiger partial charge in [-0.15, -0.1) is 0 Å². The van der Waals surface area contributed by atoms with Crippen LogP contribution < -0.4 is 20.9 Å². The molecule has 2 amide bonds. The van der Waals surface area contributed by atoms with Gasteiger partial charge in [-0.1, -0.05) is 18.2 Å². The SMILES string of the molecule is CN1CCc2ccc(NC(=O)c3cccc(CNC(=O)c4ccc(N5CCNC5)cc4)c3)cc2C1. The molecule has 1 fully saturated rings. The lowest BCUT2D eigenvalue weighted by Gasteiger charge is -2.25. The minimum absolute atomic E-state index is 0.134. The summed E-state index contributed by atoms with van der Waals surface area (Å²) in [6, 6.07) is 21.2. The van der Waals surface area contributed by atoms with Crippen LogP contribution in [-0.2, 0) is 19.5 Å². The van der Waals surface area contributed by atoms with Crippen molar-refractivity contribution in [3.63, 3.8) is 0 Å². The number of amides is 2. The lowest BCUT2D eigenvalue weighted by molar-refractivity contribution is 0.0950. The molecule has 7 heteroatoms. The van der Waals surface area contributed by atoms with Crippen molar-refractivity contribution in [1.82, 2.24) is 15.5 Å². The van der Waals surface area contributed by atoms with Crippen molar-refractivity contribution in [3.8, 4) is 0 Å². The molecule has 0 radical (unpaired) electrons. The molecular weight excluding hydrogens is 438 g/mol. The van der Waals surface area contributed by atoms with Crippen molar-refractivity contribution < 1.29 is 9.59 Å². The number of benzene rings is 3. The lowest BCUT2D eigenvalue weighted by atomic mass is 9.99. The smallest absolute Gasteiger partial charge is 0.255 e. The number of nitrogens with zero attached hydrogens (tertiary/aromatic N) is 2. The maximum atomic E-state index is 12.9. The molecule has 7 nitrogen and oxygen atoms in total. The van der Waals surface area contributed by atoms with Crippen LogP contribution in [0.2, 0.25) is 0 Å². The number of fused-ring (bicyclic) bond motifs is 1. The minimum atomic E-state index is -0.158. The standard InChI is InChI=1S/C28H31N5O2/c1-32-13-11-21-5-8-25(16-24(21)18-32)31-28(35)23-4-2-3-20(15-23)17-30-27(34)22-6-9-26(10-7-22)33-14-12-29-19-33/h2-10,15-16,29H,11-14,17-19H2,1H3,(H,30,34)(H,31,35). The molecule has 0 unspecified atom stereocenters. The topological polar surface area (TPSA) is 76.7 Å². The summed E-state index contributed by atoms with van der Waals surface area (Å²) in [4.78, 5) is 30.0. The Morgan fingerprint density at radius 2 is 1.77 bits per heavy atom. The molecule has 2 heterocycles. The fraction of sp³-hybridized carbons (Fsp3) is 0.286. The summed E-state index contributed by atoms with van der Waals surface area (Å²) in [6.45, 7) is 5.09. The van der Waals surface area contributed by atoms with E-state index in [1.54, 1.807) is 6.07 Å². The molecule has 2 aliphatic heterocycles. The maximum Gasteiger partial charge on any atom is 0.255 e. The van der Waals surface area contributed by atoms with Crippen LogP contribution in [0.1, 0.15) is 37.4 Å². The Hall–Kier alpha value is -3.68. The second-order valence-electron chi connectivity index (χ2n) is 9.28. The molecule has 3 aromatic rings. The second kappa shape index (κ2) is 10.3. The summed E-state index contributed by atoms with van der Waals surface area (Å²) >= 11 is 0. The van der Waals surface area contributed by atoms with Gasteiger partial charge in [0.05, 0.1) is 6.67 Å². The van der Waals surface area contributed by atoms with E-state index in [2.05, 4.69) is 44.9 Å². The number of likely N-dealkylation sites (N-methyl/N-ethyl adjacent to an activating group) is 1. The minimum Gasteiger partial charge on any atom is -0.357 e. The predicted molar refractivity (Wildman–Crippen MR) is 139 cm³/mol. The summed E-state index contributed by atoms with van der Waals surface area (Å²) in [5.41, 5.74) is 6.58. The number of carbonyl (C=O) groups excluding carboxylic acids is 2. The van der Waals surface area contributed by atoms with Gasteiger partial charge < -0.3 is 20.4 Å². The molecule has 5 rings (SSSR count). The van der Waals surface area contributed by atoms with Gasteiger partial charge in [0.15, 0.2) is 0 Å². The first-order chi connectivity index (χ1) is 17.0. The highest BCUT2D eigenvalue weighted by Gasteiger charge is 2.15. The maximum absolute atomic E-state index is 12.9. The third-order valence-electron chi connectivity index (χ3n) is 6.67. The van der Waals surface area contributed by atoms with Gasteiger partial charge in [0.1, 0.15) is 0 Å². The molecule has 1 saturated heterocycles.